The number of rotatable bonds is 1. The van der Waals surface area contributed by atoms with Crippen molar-refractivity contribution < 1.29 is 23.4 Å². The summed E-state index contributed by atoms with van der Waals surface area (Å²) in [5, 5.41) is 19.5. The summed E-state index contributed by atoms with van der Waals surface area (Å²) in [4.78, 5) is 0. The van der Waals surface area contributed by atoms with E-state index >= 15 is 0 Å². The van der Waals surface area contributed by atoms with Gasteiger partial charge in [0.2, 0.25) is 0 Å². The summed E-state index contributed by atoms with van der Waals surface area (Å²) >= 11 is 0. The van der Waals surface area contributed by atoms with Gasteiger partial charge in [0.25, 0.3) is 0 Å². The van der Waals surface area contributed by atoms with E-state index in [4.69, 9.17) is 0 Å². The molecule has 0 unspecified atom stereocenters. The van der Waals surface area contributed by atoms with E-state index in [1.54, 1.807) is 0 Å². The Morgan fingerprint density at radius 3 is 1.74 bits per heavy atom. The van der Waals surface area contributed by atoms with Crippen LogP contribution < -0.4 is 0 Å². The fraction of sp³-hybridized carbons (Fsp3) is 0.667. The second kappa shape index (κ2) is 7.93. The van der Waals surface area contributed by atoms with Crippen LogP contribution in [0.3, 0.4) is 0 Å². The SMILES string of the molecule is Oc1cc(O)c(C2CCCCCCCCCC2)c(C(F)(F)F)c1. The minimum atomic E-state index is -4.57. The normalized spacial score (nSPS) is 19.3. The maximum atomic E-state index is 13.3. The molecule has 1 aliphatic carbocycles. The van der Waals surface area contributed by atoms with Gasteiger partial charge in [-0.05, 0) is 24.8 Å². The zero-order chi connectivity index (χ0) is 16.9. The monoisotopic (exact) mass is 330 g/mol. The van der Waals surface area contributed by atoms with Gasteiger partial charge in [-0.1, -0.05) is 51.4 Å². The number of alkyl halides is 3. The summed E-state index contributed by atoms with van der Waals surface area (Å²) in [6.07, 6.45) is 5.19. The number of phenolic OH excluding ortho intramolecular Hbond substituents is 2. The van der Waals surface area contributed by atoms with E-state index in [9.17, 15) is 23.4 Å². The molecule has 0 amide bonds. The van der Waals surface area contributed by atoms with Crippen LogP contribution in [0.5, 0.6) is 11.5 Å². The Morgan fingerprint density at radius 2 is 1.26 bits per heavy atom. The molecule has 5 heteroatoms. The van der Waals surface area contributed by atoms with Crippen molar-refractivity contribution in [2.75, 3.05) is 0 Å². The Bertz CT molecular complexity index is 500. The van der Waals surface area contributed by atoms with Crippen LogP contribution in [0.1, 0.15) is 81.3 Å². The molecule has 1 saturated carbocycles. The van der Waals surface area contributed by atoms with Crippen LogP contribution in [0.4, 0.5) is 13.2 Å². The maximum absolute atomic E-state index is 13.3. The molecule has 0 aliphatic heterocycles. The van der Waals surface area contributed by atoms with E-state index in [0.29, 0.717) is 12.8 Å². The first kappa shape index (κ1) is 18.0. The third kappa shape index (κ3) is 5.05. The second-order valence-electron chi connectivity index (χ2n) is 6.53. The Kier molecular flexibility index (Phi) is 6.19. The average molecular weight is 330 g/mol. The van der Waals surface area contributed by atoms with E-state index in [1.165, 1.54) is 12.8 Å². The van der Waals surface area contributed by atoms with Gasteiger partial charge in [-0.25, -0.2) is 0 Å². The molecule has 0 saturated heterocycles. The molecule has 0 bridgehead atoms. The summed E-state index contributed by atoms with van der Waals surface area (Å²) in [6, 6.07) is 1.76. The molecule has 0 spiro atoms. The van der Waals surface area contributed by atoms with Crippen molar-refractivity contribution in [2.24, 2.45) is 0 Å². The van der Waals surface area contributed by atoms with Gasteiger partial charge in [0, 0.05) is 11.6 Å². The van der Waals surface area contributed by atoms with Gasteiger partial charge in [-0.2, -0.15) is 13.2 Å². The Balaban J connectivity index is 2.32. The molecule has 0 aromatic heterocycles. The lowest BCUT2D eigenvalue weighted by Crippen LogP contribution is -2.13. The van der Waals surface area contributed by atoms with Crippen LogP contribution >= 0.6 is 0 Å². The topological polar surface area (TPSA) is 40.5 Å². The Hall–Kier alpha value is -1.39. The Labute approximate surface area is 135 Å². The number of hydrogen-bond acceptors (Lipinski definition) is 2. The minimum absolute atomic E-state index is 0.0328. The van der Waals surface area contributed by atoms with E-state index in [-0.39, 0.29) is 11.5 Å². The van der Waals surface area contributed by atoms with Crippen LogP contribution in [0.2, 0.25) is 0 Å². The Morgan fingerprint density at radius 1 is 0.783 bits per heavy atom. The number of aromatic hydroxyl groups is 2. The van der Waals surface area contributed by atoms with Gasteiger partial charge >= 0.3 is 6.18 Å². The van der Waals surface area contributed by atoms with Crippen molar-refractivity contribution >= 4 is 0 Å². The molecule has 1 aliphatic rings. The maximum Gasteiger partial charge on any atom is 0.416 e. The summed E-state index contributed by atoms with van der Waals surface area (Å²) < 4.78 is 40.0. The van der Waals surface area contributed by atoms with Crippen molar-refractivity contribution in [3.63, 3.8) is 0 Å². The van der Waals surface area contributed by atoms with Crippen molar-refractivity contribution in [1.29, 1.82) is 0 Å². The van der Waals surface area contributed by atoms with Crippen LogP contribution in [0, 0.1) is 0 Å². The predicted octanol–water partition coefficient (Wildman–Crippen LogP) is 6.11. The lowest BCUT2D eigenvalue weighted by atomic mass is 9.85. The highest BCUT2D eigenvalue weighted by Gasteiger charge is 2.37. The van der Waals surface area contributed by atoms with E-state index in [2.05, 4.69) is 0 Å². The van der Waals surface area contributed by atoms with E-state index in [1.807, 2.05) is 0 Å². The van der Waals surface area contributed by atoms with Crippen LogP contribution in [0.25, 0.3) is 0 Å². The van der Waals surface area contributed by atoms with Crippen molar-refractivity contribution in [3.8, 4) is 11.5 Å². The summed E-state index contributed by atoms with van der Waals surface area (Å²) in [5.41, 5.74) is -0.926. The number of hydrogen-bond donors (Lipinski definition) is 2. The molecule has 130 valence electrons. The fourth-order valence-corrected chi connectivity index (χ4v) is 3.56. The van der Waals surface area contributed by atoms with E-state index < -0.39 is 23.2 Å². The number of phenols is 2. The summed E-state index contributed by atoms with van der Waals surface area (Å²) in [5.74, 6) is -1.28. The zero-order valence-electron chi connectivity index (χ0n) is 13.3. The van der Waals surface area contributed by atoms with Crippen molar-refractivity contribution in [2.45, 2.75) is 76.3 Å². The van der Waals surface area contributed by atoms with Crippen molar-refractivity contribution in [3.05, 3.63) is 23.3 Å². The molecule has 2 N–H and O–H groups in total. The van der Waals surface area contributed by atoms with Crippen LogP contribution in [-0.4, -0.2) is 10.2 Å². The fourth-order valence-electron chi connectivity index (χ4n) is 3.56. The van der Waals surface area contributed by atoms with Crippen LogP contribution in [-0.2, 0) is 6.18 Å². The molecule has 0 heterocycles. The molecule has 0 radical (unpaired) electrons. The summed E-state index contributed by atoms with van der Waals surface area (Å²) in [6.45, 7) is 0. The van der Waals surface area contributed by atoms with Crippen LogP contribution in [0.15, 0.2) is 12.1 Å². The number of benzene rings is 1. The van der Waals surface area contributed by atoms with Gasteiger partial charge in [0.1, 0.15) is 11.5 Å². The standard InChI is InChI=1S/C18H25F3O2/c19-18(20,21)15-11-14(22)12-16(23)17(15)13-9-7-5-3-1-2-4-6-8-10-13/h11-13,22-23H,1-10H2. The average Bonchev–Trinajstić information content (AvgIpc) is 2.51. The summed E-state index contributed by atoms with van der Waals surface area (Å²) in [7, 11) is 0. The first-order valence-corrected chi connectivity index (χ1v) is 8.52. The highest BCUT2D eigenvalue weighted by molar-refractivity contribution is 5.48. The molecular formula is C18H25F3O2. The lowest BCUT2D eigenvalue weighted by Gasteiger charge is -2.23. The number of halogens is 3. The van der Waals surface area contributed by atoms with E-state index in [0.717, 1.165) is 50.7 Å². The molecule has 1 fully saturated rings. The molecular weight excluding hydrogens is 305 g/mol. The van der Waals surface area contributed by atoms with Gasteiger partial charge in [-0.3, -0.25) is 0 Å². The lowest BCUT2D eigenvalue weighted by molar-refractivity contribution is -0.138. The smallest absolute Gasteiger partial charge is 0.416 e. The highest BCUT2D eigenvalue weighted by Crippen LogP contribution is 2.45. The zero-order valence-corrected chi connectivity index (χ0v) is 13.3. The molecule has 2 nitrogen and oxygen atoms in total. The third-order valence-electron chi connectivity index (χ3n) is 4.71. The second-order valence-corrected chi connectivity index (χ2v) is 6.53. The predicted molar refractivity (Wildman–Crippen MR) is 83.7 cm³/mol. The molecule has 1 aromatic carbocycles. The minimum Gasteiger partial charge on any atom is -0.508 e. The first-order chi connectivity index (χ1) is 10.9. The van der Waals surface area contributed by atoms with Gasteiger partial charge < -0.3 is 10.2 Å². The third-order valence-corrected chi connectivity index (χ3v) is 4.71. The highest BCUT2D eigenvalue weighted by atomic mass is 19.4. The van der Waals surface area contributed by atoms with Gasteiger partial charge in [0.05, 0.1) is 5.56 Å². The van der Waals surface area contributed by atoms with Gasteiger partial charge in [-0.15, -0.1) is 0 Å². The molecule has 0 atom stereocenters. The van der Waals surface area contributed by atoms with Crippen molar-refractivity contribution in [1.82, 2.24) is 0 Å². The molecule has 1 aromatic rings. The van der Waals surface area contributed by atoms with Gasteiger partial charge in [0.15, 0.2) is 0 Å². The molecule has 2 rings (SSSR count). The largest absolute Gasteiger partial charge is 0.508 e. The quantitative estimate of drug-likeness (QED) is 0.651. The molecule has 23 heavy (non-hydrogen) atoms. The first-order valence-electron chi connectivity index (χ1n) is 8.52.